The molecule has 1 atom stereocenters. The van der Waals surface area contributed by atoms with Gasteiger partial charge in [0.05, 0.1) is 11.2 Å². The lowest BCUT2D eigenvalue weighted by atomic mass is 10.2. The summed E-state index contributed by atoms with van der Waals surface area (Å²) in [6, 6.07) is 8.00. The minimum absolute atomic E-state index is 0.0943. The second-order valence-corrected chi connectivity index (χ2v) is 5.49. The molecule has 0 aliphatic heterocycles. The third-order valence-electron chi connectivity index (χ3n) is 4.03. The monoisotopic (exact) mass is 288 g/mol. The molecule has 0 spiro atoms. The van der Waals surface area contributed by atoms with E-state index in [2.05, 4.69) is 36.1 Å². The van der Waals surface area contributed by atoms with Crippen LogP contribution in [-0.4, -0.2) is 42.0 Å². The SMILES string of the molecule is CCC(C)N(C)CCNC(=O)c1cc2cccc(N)c2[nH]1. The molecule has 5 nitrogen and oxygen atoms in total. The van der Waals surface area contributed by atoms with Crippen LogP contribution in [0, 0.1) is 0 Å². The van der Waals surface area contributed by atoms with Gasteiger partial charge in [-0.2, -0.15) is 0 Å². The summed E-state index contributed by atoms with van der Waals surface area (Å²) in [6.07, 6.45) is 1.10. The topological polar surface area (TPSA) is 74.2 Å². The maximum Gasteiger partial charge on any atom is 0.267 e. The average Bonchev–Trinajstić information content (AvgIpc) is 2.91. The van der Waals surface area contributed by atoms with Gasteiger partial charge in [-0.15, -0.1) is 0 Å². The molecule has 1 heterocycles. The fourth-order valence-electron chi connectivity index (χ4n) is 2.28. The van der Waals surface area contributed by atoms with Crippen LogP contribution in [-0.2, 0) is 0 Å². The summed E-state index contributed by atoms with van der Waals surface area (Å²) in [7, 11) is 2.07. The van der Waals surface area contributed by atoms with Crippen molar-refractivity contribution in [3.8, 4) is 0 Å². The number of aromatic nitrogens is 1. The van der Waals surface area contributed by atoms with Crippen LogP contribution in [0.4, 0.5) is 5.69 Å². The predicted molar refractivity (Wildman–Crippen MR) is 87.4 cm³/mol. The second kappa shape index (κ2) is 6.63. The van der Waals surface area contributed by atoms with Crippen molar-refractivity contribution >= 4 is 22.5 Å². The Morgan fingerprint density at radius 1 is 1.48 bits per heavy atom. The van der Waals surface area contributed by atoms with Gasteiger partial charge in [0.1, 0.15) is 5.69 Å². The van der Waals surface area contributed by atoms with Gasteiger partial charge in [-0.1, -0.05) is 19.1 Å². The molecular weight excluding hydrogens is 264 g/mol. The van der Waals surface area contributed by atoms with Crippen molar-refractivity contribution in [3.63, 3.8) is 0 Å². The molecule has 4 N–H and O–H groups in total. The molecule has 0 saturated heterocycles. The van der Waals surface area contributed by atoms with Crippen molar-refractivity contribution < 1.29 is 4.79 Å². The van der Waals surface area contributed by atoms with E-state index < -0.39 is 0 Å². The first-order valence-electron chi connectivity index (χ1n) is 7.38. The summed E-state index contributed by atoms with van der Waals surface area (Å²) >= 11 is 0. The van der Waals surface area contributed by atoms with Crippen LogP contribution in [0.25, 0.3) is 10.9 Å². The van der Waals surface area contributed by atoms with E-state index in [4.69, 9.17) is 5.73 Å². The standard InChI is InChI=1S/C16H24N4O/c1-4-11(2)20(3)9-8-18-16(21)14-10-12-6-5-7-13(17)15(12)19-14/h5-7,10-11,19H,4,8-9,17H2,1-3H3,(H,18,21). The van der Waals surface area contributed by atoms with E-state index in [0.717, 1.165) is 23.9 Å². The molecular formula is C16H24N4O. The van der Waals surface area contributed by atoms with Crippen molar-refractivity contribution in [2.45, 2.75) is 26.3 Å². The molecule has 2 rings (SSSR count). The van der Waals surface area contributed by atoms with E-state index in [9.17, 15) is 4.79 Å². The largest absolute Gasteiger partial charge is 0.397 e. The van der Waals surface area contributed by atoms with Gasteiger partial charge in [-0.05, 0) is 32.5 Å². The van der Waals surface area contributed by atoms with Gasteiger partial charge in [0.25, 0.3) is 5.91 Å². The number of fused-ring (bicyclic) bond motifs is 1. The fraction of sp³-hybridized carbons (Fsp3) is 0.438. The summed E-state index contributed by atoms with van der Waals surface area (Å²) in [5, 5.41) is 3.89. The Morgan fingerprint density at radius 2 is 2.24 bits per heavy atom. The highest BCUT2D eigenvalue weighted by Crippen LogP contribution is 2.20. The van der Waals surface area contributed by atoms with E-state index >= 15 is 0 Å². The number of H-pyrrole nitrogens is 1. The van der Waals surface area contributed by atoms with E-state index in [-0.39, 0.29) is 5.91 Å². The highest BCUT2D eigenvalue weighted by Gasteiger charge is 2.11. The van der Waals surface area contributed by atoms with Crippen LogP contribution in [0.1, 0.15) is 30.8 Å². The zero-order chi connectivity index (χ0) is 15.4. The first kappa shape index (κ1) is 15.4. The van der Waals surface area contributed by atoms with Crippen molar-refractivity contribution in [1.29, 1.82) is 0 Å². The quantitative estimate of drug-likeness (QED) is 0.713. The van der Waals surface area contributed by atoms with Gasteiger partial charge >= 0.3 is 0 Å². The lowest BCUT2D eigenvalue weighted by molar-refractivity contribution is 0.0943. The zero-order valence-corrected chi connectivity index (χ0v) is 12.9. The summed E-state index contributed by atoms with van der Waals surface area (Å²) < 4.78 is 0. The molecule has 114 valence electrons. The number of nitrogens with two attached hydrogens (primary N) is 1. The highest BCUT2D eigenvalue weighted by atomic mass is 16.1. The van der Waals surface area contributed by atoms with E-state index in [0.29, 0.717) is 24.0 Å². The number of hydrogen-bond acceptors (Lipinski definition) is 3. The molecule has 1 aromatic carbocycles. The van der Waals surface area contributed by atoms with Crippen LogP contribution < -0.4 is 11.1 Å². The van der Waals surface area contributed by atoms with E-state index in [1.54, 1.807) is 0 Å². The third-order valence-corrected chi connectivity index (χ3v) is 4.03. The van der Waals surface area contributed by atoms with E-state index in [1.807, 2.05) is 24.3 Å². The minimum atomic E-state index is -0.0943. The first-order valence-corrected chi connectivity index (χ1v) is 7.38. The first-order chi connectivity index (χ1) is 10.0. The molecule has 0 radical (unpaired) electrons. The van der Waals surface area contributed by atoms with Crippen LogP contribution in [0.2, 0.25) is 0 Å². The van der Waals surface area contributed by atoms with Crippen LogP contribution in [0.3, 0.4) is 0 Å². The lowest BCUT2D eigenvalue weighted by Gasteiger charge is -2.23. The van der Waals surface area contributed by atoms with Crippen molar-refractivity contribution in [2.24, 2.45) is 0 Å². The van der Waals surface area contributed by atoms with Crippen molar-refractivity contribution in [3.05, 3.63) is 30.0 Å². The summed E-state index contributed by atoms with van der Waals surface area (Å²) in [6.45, 7) is 5.81. The zero-order valence-electron chi connectivity index (χ0n) is 12.9. The number of nitrogens with zero attached hydrogens (tertiary/aromatic N) is 1. The highest BCUT2D eigenvalue weighted by molar-refractivity contribution is 6.00. The molecule has 0 bridgehead atoms. The van der Waals surface area contributed by atoms with Gasteiger partial charge < -0.3 is 20.9 Å². The third kappa shape index (κ3) is 3.55. The minimum Gasteiger partial charge on any atom is -0.397 e. The number of carbonyl (C=O) groups excluding carboxylic acids is 1. The number of anilines is 1. The molecule has 0 saturated carbocycles. The average molecular weight is 288 g/mol. The number of benzene rings is 1. The van der Waals surface area contributed by atoms with Crippen LogP contribution in [0.15, 0.2) is 24.3 Å². The maximum absolute atomic E-state index is 12.1. The van der Waals surface area contributed by atoms with Crippen LogP contribution in [0.5, 0.6) is 0 Å². The summed E-state index contributed by atoms with van der Waals surface area (Å²) in [5.41, 5.74) is 7.91. The van der Waals surface area contributed by atoms with E-state index in [1.165, 1.54) is 0 Å². The Labute approximate surface area is 125 Å². The molecule has 1 amide bonds. The number of carbonyl (C=O) groups is 1. The normalized spacial score (nSPS) is 12.8. The number of para-hydroxylation sites is 1. The van der Waals surface area contributed by atoms with Gasteiger partial charge in [0.15, 0.2) is 0 Å². The second-order valence-electron chi connectivity index (χ2n) is 5.49. The number of amides is 1. The number of nitrogens with one attached hydrogen (secondary N) is 2. The summed E-state index contributed by atoms with van der Waals surface area (Å²) in [4.78, 5) is 17.5. The maximum atomic E-state index is 12.1. The number of aromatic amines is 1. The molecule has 0 aliphatic carbocycles. The molecule has 21 heavy (non-hydrogen) atoms. The smallest absolute Gasteiger partial charge is 0.267 e. The number of hydrogen-bond donors (Lipinski definition) is 3. The Morgan fingerprint density at radius 3 is 2.90 bits per heavy atom. The predicted octanol–water partition coefficient (Wildman–Crippen LogP) is 2.21. The van der Waals surface area contributed by atoms with Gasteiger partial charge in [0.2, 0.25) is 0 Å². The molecule has 1 aromatic heterocycles. The molecule has 0 fully saturated rings. The van der Waals surface area contributed by atoms with Crippen molar-refractivity contribution in [1.82, 2.24) is 15.2 Å². The number of likely N-dealkylation sites (N-methyl/N-ethyl adjacent to an activating group) is 1. The number of nitrogen functional groups attached to an aromatic ring is 1. The Hall–Kier alpha value is -2.01. The Kier molecular flexibility index (Phi) is 4.85. The van der Waals surface area contributed by atoms with Gasteiger partial charge in [0, 0.05) is 24.5 Å². The summed E-state index contributed by atoms with van der Waals surface area (Å²) in [5.74, 6) is -0.0943. The fourth-order valence-corrected chi connectivity index (χ4v) is 2.28. The Bertz CT molecular complexity index is 620. The molecule has 1 unspecified atom stereocenters. The van der Waals surface area contributed by atoms with Crippen LogP contribution >= 0.6 is 0 Å². The lowest BCUT2D eigenvalue weighted by Crippen LogP contribution is -2.37. The molecule has 0 aliphatic rings. The van der Waals surface area contributed by atoms with Gasteiger partial charge in [-0.25, -0.2) is 0 Å². The van der Waals surface area contributed by atoms with Crippen molar-refractivity contribution in [2.75, 3.05) is 25.9 Å². The molecule has 5 heteroatoms. The number of rotatable bonds is 6. The molecule has 2 aromatic rings. The Balaban J connectivity index is 1.95. The van der Waals surface area contributed by atoms with Gasteiger partial charge in [-0.3, -0.25) is 4.79 Å².